The normalized spacial score (nSPS) is 14.2. The maximum Gasteiger partial charge on any atom is 0.159 e. The molecule has 0 unspecified atom stereocenters. The van der Waals surface area contributed by atoms with Gasteiger partial charge in [-0.05, 0) is 142 Å². The van der Waals surface area contributed by atoms with E-state index in [2.05, 4.69) is 266 Å². The quantitative estimate of drug-likeness (QED) is 0.175. The van der Waals surface area contributed by atoms with Crippen molar-refractivity contribution in [3.05, 3.63) is 305 Å². The van der Waals surface area contributed by atoms with Gasteiger partial charge >= 0.3 is 0 Å². The zero-order valence-corrected chi connectivity index (χ0v) is 40.2. The minimum atomic E-state index is -0.517. The Morgan fingerprint density at radius 3 is 1.14 bits per heavy atom. The van der Waals surface area contributed by atoms with E-state index in [9.17, 15) is 0 Å². The number of para-hydroxylation sites is 1. The molecule has 2 nitrogen and oxygen atoms in total. The van der Waals surface area contributed by atoms with E-state index in [1.807, 2.05) is 0 Å². The van der Waals surface area contributed by atoms with Crippen LogP contribution in [0, 0.1) is 0 Å². The molecule has 0 saturated carbocycles. The summed E-state index contributed by atoms with van der Waals surface area (Å²) in [5.74, 6) is 0. The molecule has 342 valence electrons. The van der Waals surface area contributed by atoms with Crippen LogP contribution in [0.15, 0.2) is 265 Å². The summed E-state index contributed by atoms with van der Waals surface area (Å²) in [5, 5.41) is 4.58. The lowest BCUT2D eigenvalue weighted by Crippen LogP contribution is -2.26. The van der Waals surface area contributed by atoms with E-state index in [1.54, 1.807) is 0 Å². The van der Waals surface area contributed by atoms with Gasteiger partial charge in [0.05, 0.1) is 16.5 Å². The average Bonchev–Trinajstić information content (AvgIpc) is 4.40. The Labute approximate surface area is 428 Å². The first-order valence-electron chi connectivity index (χ1n) is 25.8. The molecule has 74 heavy (non-hydrogen) atoms. The first-order chi connectivity index (χ1) is 36.7. The monoisotopic (exact) mass is 937 g/mol. The Morgan fingerprint density at radius 2 is 0.662 bits per heavy atom. The molecule has 2 spiro atoms. The van der Waals surface area contributed by atoms with Crippen molar-refractivity contribution < 1.29 is 4.42 Å². The number of furan rings is 1. The molecule has 4 aliphatic rings. The molecule has 0 fully saturated rings. The Hall–Kier alpha value is -9.50. The lowest BCUT2D eigenvalue weighted by molar-refractivity contribution is 0.670. The summed E-state index contributed by atoms with van der Waals surface area (Å²) >= 11 is 0. The molecule has 0 amide bonds. The van der Waals surface area contributed by atoms with Gasteiger partial charge in [0.2, 0.25) is 0 Å². The molecule has 17 rings (SSSR count). The Morgan fingerprint density at radius 1 is 0.270 bits per heavy atom. The number of rotatable bonds is 4. The largest absolute Gasteiger partial charge is 0.453 e. The molecule has 0 saturated heterocycles. The van der Waals surface area contributed by atoms with Gasteiger partial charge in [0.25, 0.3) is 0 Å². The topological polar surface area (TPSA) is 16.4 Å². The first-order valence-corrected chi connectivity index (χ1v) is 25.8. The van der Waals surface area contributed by atoms with Crippen molar-refractivity contribution in [1.29, 1.82) is 0 Å². The molecule has 1 aromatic heterocycles. The molecule has 13 aromatic rings. The predicted octanol–water partition coefficient (Wildman–Crippen LogP) is 18.6. The van der Waals surface area contributed by atoms with E-state index in [4.69, 9.17) is 4.42 Å². The van der Waals surface area contributed by atoms with E-state index in [-0.39, 0.29) is 0 Å². The van der Waals surface area contributed by atoms with Crippen molar-refractivity contribution in [3.63, 3.8) is 0 Å². The number of nitrogens with zero attached hydrogens (tertiary/aromatic N) is 1. The highest BCUT2D eigenvalue weighted by Crippen LogP contribution is 2.66. The molecule has 1 heterocycles. The van der Waals surface area contributed by atoms with Crippen molar-refractivity contribution in [3.8, 4) is 55.6 Å². The molecule has 2 heteroatoms. The SMILES string of the molecule is c1ccc(-c2cc3ccccc3c3c2oc2c(N(c4ccc5c(c4)C4(c6ccccc6-c6ccccc64)c4ccccc4-5)c4ccc5c(c4)C4(c6ccccc6-c6ccccc64)c4ccccc4-5)cccc23)cc1. The minimum absolute atomic E-state index is 0.517. The average molecular weight is 938 g/mol. The van der Waals surface area contributed by atoms with Crippen LogP contribution < -0.4 is 4.90 Å². The Balaban J connectivity index is 0.985. The number of hydrogen-bond acceptors (Lipinski definition) is 2. The lowest BCUT2D eigenvalue weighted by atomic mass is 9.70. The molecule has 0 N–H and O–H groups in total. The Kier molecular flexibility index (Phi) is 7.90. The fraction of sp³-hybridized carbons (Fsp3) is 0.0278. The molecule has 0 bridgehead atoms. The van der Waals surface area contributed by atoms with Crippen LogP contribution in [0.25, 0.3) is 88.3 Å². The first kappa shape index (κ1) is 40.1. The summed E-state index contributed by atoms with van der Waals surface area (Å²) in [6.45, 7) is 0. The summed E-state index contributed by atoms with van der Waals surface area (Å²) < 4.78 is 7.52. The molecule has 0 atom stereocenters. The van der Waals surface area contributed by atoms with Crippen LogP contribution in [-0.4, -0.2) is 0 Å². The van der Waals surface area contributed by atoms with Crippen molar-refractivity contribution >= 4 is 49.8 Å². The third-order valence-corrected chi connectivity index (χ3v) is 17.3. The molecule has 0 aliphatic heterocycles. The van der Waals surface area contributed by atoms with E-state index in [0.29, 0.717) is 0 Å². The van der Waals surface area contributed by atoms with Crippen molar-refractivity contribution in [1.82, 2.24) is 0 Å². The number of anilines is 3. The van der Waals surface area contributed by atoms with Gasteiger partial charge < -0.3 is 9.32 Å². The van der Waals surface area contributed by atoms with Crippen LogP contribution in [0.5, 0.6) is 0 Å². The third kappa shape index (κ3) is 4.91. The summed E-state index contributed by atoms with van der Waals surface area (Å²) in [4.78, 5) is 2.50. The minimum Gasteiger partial charge on any atom is -0.453 e. The summed E-state index contributed by atoms with van der Waals surface area (Å²) in [5.41, 5.74) is 26.8. The molecule has 12 aromatic carbocycles. The zero-order valence-electron chi connectivity index (χ0n) is 40.2. The van der Waals surface area contributed by atoms with E-state index >= 15 is 0 Å². The fourth-order valence-electron chi connectivity index (χ4n) is 14.5. The van der Waals surface area contributed by atoms with Gasteiger partial charge in [-0.1, -0.05) is 224 Å². The zero-order chi connectivity index (χ0) is 48.3. The highest BCUT2D eigenvalue weighted by molar-refractivity contribution is 6.24. The number of hydrogen-bond donors (Lipinski definition) is 0. The van der Waals surface area contributed by atoms with Gasteiger partial charge in [-0.25, -0.2) is 0 Å². The smallest absolute Gasteiger partial charge is 0.159 e. The van der Waals surface area contributed by atoms with Crippen LogP contribution in [0.2, 0.25) is 0 Å². The van der Waals surface area contributed by atoms with E-state index in [1.165, 1.54) is 99.8 Å². The van der Waals surface area contributed by atoms with Crippen molar-refractivity contribution in [2.24, 2.45) is 0 Å². The van der Waals surface area contributed by atoms with Gasteiger partial charge in [-0.2, -0.15) is 0 Å². The van der Waals surface area contributed by atoms with Crippen LogP contribution in [-0.2, 0) is 10.8 Å². The highest BCUT2D eigenvalue weighted by Gasteiger charge is 2.53. The molecule has 0 radical (unpaired) electrons. The second-order valence-electron chi connectivity index (χ2n) is 20.5. The van der Waals surface area contributed by atoms with Gasteiger partial charge in [-0.3, -0.25) is 0 Å². The number of benzene rings is 12. The van der Waals surface area contributed by atoms with Crippen LogP contribution >= 0.6 is 0 Å². The van der Waals surface area contributed by atoms with Crippen LogP contribution in [0.3, 0.4) is 0 Å². The second kappa shape index (κ2) is 14.6. The van der Waals surface area contributed by atoms with Crippen LogP contribution in [0.1, 0.15) is 44.5 Å². The lowest BCUT2D eigenvalue weighted by Gasteiger charge is -2.33. The van der Waals surface area contributed by atoms with E-state index < -0.39 is 10.8 Å². The third-order valence-electron chi connectivity index (χ3n) is 17.3. The summed E-state index contributed by atoms with van der Waals surface area (Å²) in [6.07, 6.45) is 0. The van der Waals surface area contributed by atoms with E-state index in [0.717, 1.165) is 50.1 Å². The molecule has 4 aliphatic carbocycles. The van der Waals surface area contributed by atoms with Crippen molar-refractivity contribution in [2.45, 2.75) is 10.8 Å². The van der Waals surface area contributed by atoms with Gasteiger partial charge in [0.1, 0.15) is 5.58 Å². The van der Waals surface area contributed by atoms with Gasteiger partial charge in [-0.15, -0.1) is 0 Å². The summed E-state index contributed by atoms with van der Waals surface area (Å²) in [7, 11) is 0. The maximum atomic E-state index is 7.52. The summed E-state index contributed by atoms with van der Waals surface area (Å²) in [6, 6.07) is 97.6. The predicted molar refractivity (Wildman–Crippen MR) is 304 cm³/mol. The van der Waals surface area contributed by atoms with Crippen molar-refractivity contribution in [2.75, 3.05) is 4.90 Å². The maximum absolute atomic E-state index is 7.52. The fourth-order valence-corrected chi connectivity index (χ4v) is 14.5. The molecular weight excluding hydrogens is 895 g/mol. The standard InChI is InChI=1S/C72H43NO/c1-2-19-44(20-3-1)58-41-45-21-4-5-22-48(45)68-57-29-18-36-67(69(57)74-70(58)68)73(46-37-39-55-53-27-10-16-34-63(53)71(65(55)42-46)59-30-12-6-23-49(59)50-24-7-13-31-60(50)71)47-38-40-56-54-28-11-17-35-64(54)72(66(56)43-47)61-32-14-8-25-51(61)52-26-9-15-33-62(52)72/h1-43H. The molecular formula is C72H43NO. The van der Waals surface area contributed by atoms with Gasteiger partial charge in [0.15, 0.2) is 5.58 Å². The van der Waals surface area contributed by atoms with Crippen LogP contribution in [0.4, 0.5) is 17.1 Å². The van der Waals surface area contributed by atoms with Gasteiger partial charge in [0, 0.05) is 27.7 Å². The highest BCUT2D eigenvalue weighted by atomic mass is 16.3. The number of fused-ring (bicyclic) bond motifs is 25. The Bertz CT molecular complexity index is 4250. The second-order valence-corrected chi connectivity index (χ2v) is 20.5.